The number of rotatable bonds is 9. The Hall–Kier alpha value is -3.30. The van der Waals surface area contributed by atoms with Crippen LogP contribution in [0, 0.1) is 5.92 Å². The van der Waals surface area contributed by atoms with Gasteiger partial charge in [0.1, 0.15) is 5.75 Å². The van der Waals surface area contributed by atoms with E-state index < -0.39 is 0 Å². The fourth-order valence-corrected chi connectivity index (χ4v) is 4.12. The molecule has 1 heterocycles. The highest BCUT2D eigenvalue weighted by Crippen LogP contribution is 2.45. The average molecular weight is 473 g/mol. The first-order valence-electron chi connectivity index (χ1n) is 10.4. The minimum absolute atomic E-state index is 0.117. The van der Waals surface area contributed by atoms with Gasteiger partial charge in [-0.3, -0.25) is 4.79 Å². The summed E-state index contributed by atoms with van der Waals surface area (Å²) in [5.41, 5.74) is 7.21. The number of anilines is 1. The van der Waals surface area contributed by atoms with Gasteiger partial charge in [-0.15, -0.1) is 0 Å². The molecule has 0 saturated carbocycles. The van der Waals surface area contributed by atoms with Gasteiger partial charge >= 0.3 is 0 Å². The van der Waals surface area contributed by atoms with E-state index in [-0.39, 0.29) is 17.9 Å². The van der Waals surface area contributed by atoms with E-state index in [9.17, 15) is 4.79 Å². The van der Waals surface area contributed by atoms with E-state index in [0.717, 1.165) is 21.6 Å². The van der Waals surface area contributed by atoms with Gasteiger partial charge in [-0.25, -0.2) is 0 Å². The summed E-state index contributed by atoms with van der Waals surface area (Å²) in [6, 6.07) is 9.05. The highest BCUT2D eigenvalue weighted by molar-refractivity contribution is 7.10. The summed E-state index contributed by atoms with van der Waals surface area (Å²) in [5.74, 6) is 2.17. The number of benzene rings is 2. The topological polar surface area (TPSA) is 107 Å². The third-order valence-electron chi connectivity index (χ3n) is 5.41. The predicted octanol–water partition coefficient (Wildman–Crippen LogP) is 3.72. The monoisotopic (exact) mass is 472 g/mol. The molecule has 0 spiro atoms. The number of hydrogen-bond acceptors (Lipinski definition) is 7. The molecule has 0 saturated heterocycles. The number of methoxy groups -OCH3 is 4. The molecule has 1 aromatic heterocycles. The summed E-state index contributed by atoms with van der Waals surface area (Å²) in [7, 11) is 6.31. The van der Waals surface area contributed by atoms with Crippen LogP contribution in [0.5, 0.6) is 23.0 Å². The Kier molecular flexibility index (Phi) is 7.78. The number of hydrogen-bond donors (Lipinski definition) is 2. The molecule has 1 amide bonds. The van der Waals surface area contributed by atoms with E-state index >= 15 is 0 Å². The van der Waals surface area contributed by atoms with Crippen molar-refractivity contribution < 1.29 is 29.5 Å². The molecule has 0 radical (unpaired) electrons. The van der Waals surface area contributed by atoms with Crippen LogP contribution < -0.4 is 30.0 Å². The molecule has 0 fully saturated rings. The molecule has 2 aromatic carbocycles. The van der Waals surface area contributed by atoms with Crippen LogP contribution >= 0.6 is 11.5 Å². The fraction of sp³-hybridized carbons (Fsp3) is 0.333. The van der Waals surface area contributed by atoms with Gasteiger partial charge in [0.15, 0.2) is 17.5 Å². The Morgan fingerprint density at radius 3 is 2.12 bits per heavy atom. The zero-order valence-electron chi connectivity index (χ0n) is 19.7. The van der Waals surface area contributed by atoms with Crippen molar-refractivity contribution in [3.63, 3.8) is 0 Å². The van der Waals surface area contributed by atoms with E-state index in [1.807, 2.05) is 44.2 Å². The first-order valence-corrected chi connectivity index (χ1v) is 11.2. The Morgan fingerprint density at radius 2 is 1.58 bits per heavy atom. The van der Waals surface area contributed by atoms with E-state index in [1.54, 1.807) is 34.6 Å². The lowest BCUT2D eigenvalue weighted by Crippen LogP contribution is -2.68. The molecule has 1 atom stereocenters. The van der Waals surface area contributed by atoms with Crippen LogP contribution in [0.1, 0.15) is 13.8 Å². The maximum atomic E-state index is 12.6. The van der Waals surface area contributed by atoms with Crippen molar-refractivity contribution >= 4 is 23.1 Å². The summed E-state index contributed by atoms with van der Waals surface area (Å²) in [5, 5.41) is 2.96. The van der Waals surface area contributed by atoms with Gasteiger partial charge in [0.2, 0.25) is 5.75 Å². The lowest BCUT2D eigenvalue weighted by molar-refractivity contribution is -0.412. The first-order chi connectivity index (χ1) is 15.8. The number of ether oxygens (including phenoxy) is 4. The Labute approximate surface area is 197 Å². The summed E-state index contributed by atoms with van der Waals surface area (Å²) in [6.07, 6.45) is 1.80. The Balaban J connectivity index is 2.06. The molecule has 0 unspecified atom stereocenters. The maximum Gasteiger partial charge on any atom is 0.282 e. The molecule has 0 aliphatic rings. The maximum absolute atomic E-state index is 12.6. The molecular weight excluding hydrogens is 442 g/mol. The summed E-state index contributed by atoms with van der Waals surface area (Å²) in [4.78, 5) is 13.6. The van der Waals surface area contributed by atoms with Crippen molar-refractivity contribution in [3.8, 4) is 44.6 Å². The van der Waals surface area contributed by atoms with E-state index in [4.69, 9.17) is 18.9 Å². The third kappa shape index (κ3) is 5.04. The van der Waals surface area contributed by atoms with E-state index in [1.165, 1.54) is 11.5 Å². The number of aromatic nitrogens is 1. The number of carbonyl (C=O) groups is 1. The SMILES string of the molecule is COc1ccc(-c2cnsc2-c2cc(OC)c(OC)c(OC)c2)cc1NC(=O)[C@H]([NH3+])C(C)C. The van der Waals surface area contributed by atoms with Gasteiger partial charge in [0, 0.05) is 23.2 Å². The number of amides is 1. The number of quaternary nitrogens is 1. The molecule has 3 aromatic rings. The summed E-state index contributed by atoms with van der Waals surface area (Å²) < 4.78 is 26.3. The number of carbonyl (C=O) groups excluding carboxylic acids is 1. The minimum Gasteiger partial charge on any atom is -0.495 e. The zero-order chi connectivity index (χ0) is 24.1. The molecule has 0 aliphatic carbocycles. The second-order valence-corrected chi connectivity index (χ2v) is 8.54. The molecule has 9 heteroatoms. The summed E-state index contributed by atoms with van der Waals surface area (Å²) in [6.45, 7) is 3.93. The number of nitrogens with one attached hydrogen (secondary N) is 1. The molecule has 33 heavy (non-hydrogen) atoms. The second kappa shape index (κ2) is 10.5. The normalized spacial score (nSPS) is 11.8. The quantitative estimate of drug-likeness (QED) is 0.492. The van der Waals surface area contributed by atoms with Crippen LogP contribution in [0.15, 0.2) is 36.5 Å². The molecule has 3 rings (SSSR count). The predicted molar refractivity (Wildman–Crippen MR) is 129 cm³/mol. The van der Waals surface area contributed by atoms with Gasteiger partial charge < -0.3 is 30.0 Å². The highest BCUT2D eigenvalue weighted by atomic mass is 32.1. The van der Waals surface area contributed by atoms with Crippen LogP contribution in [0.2, 0.25) is 0 Å². The van der Waals surface area contributed by atoms with Gasteiger partial charge in [0.05, 0.1) is 39.0 Å². The van der Waals surface area contributed by atoms with Crippen molar-refractivity contribution in [1.29, 1.82) is 0 Å². The zero-order valence-corrected chi connectivity index (χ0v) is 20.5. The minimum atomic E-state index is -0.379. The highest BCUT2D eigenvalue weighted by Gasteiger charge is 2.23. The first kappa shape index (κ1) is 24.3. The molecule has 4 N–H and O–H groups in total. The largest absolute Gasteiger partial charge is 0.495 e. The van der Waals surface area contributed by atoms with Crippen LogP contribution in [0.25, 0.3) is 21.6 Å². The summed E-state index contributed by atoms with van der Waals surface area (Å²) >= 11 is 1.36. The number of nitrogens with zero attached hydrogens (tertiary/aromatic N) is 1. The molecule has 176 valence electrons. The van der Waals surface area contributed by atoms with Crippen LogP contribution in [0.4, 0.5) is 5.69 Å². The molecule has 0 bridgehead atoms. The molecule has 0 aliphatic heterocycles. The lowest BCUT2D eigenvalue weighted by Gasteiger charge is -2.16. The van der Waals surface area contributed by atoms with Crippen molar-refractivity contribution in [3.05, 3.63) is 36.5 Å². The van der Waals surface area contributed by atoms with Crippen LogP contribution in [-0.4, -0.2) is 44.8 Å². The lowest BCUT2D eigenvalue weighted by atomic mass is 10.0. The smallest absolute Gasteiger partial charge is 0.282 e. The van der Waals surface area contributed by atoms with Crippen molar-refractivity contribution in [2.24, 2.45) is 5.92 Å². The van der Waals surface area contributed by atoms with E-state index in [2.05, 4.69) is 15.4 Å². The van der Waals surface area contributed by atoms with Crippen molar-refractivity contribution in [2.75, 3.05) is 33.8 Å². The second-order valence-electron chi connectivity index (χ2n) is 7.74. The molecular formula is C24H30N3O5S+. The standard InChI is InChI=1S/C24H29N3O5S/c1-13(2)21(25)24(28)27-17-9-14(7-8-18(17)29-3)16-12-26-33-23(16)15-10-19(30-4)22(32-6)20(11-15)31-5/h7-13,21H,25H2,1-6H3,(H,27,28)/p+1/t21-/m1/s1. The fourth-order valence-electron chi connectivity index (χ4n) is 3.37. The Morgan fingerprint density at radius 1 is 0.939 bits per heavy atom. The van der Waals surface area contributed by atoms with Gasteiger partial charge in [-0.2, -0.15) is 4.37 Å². The Bertz CT molecular complexity index is 1100. The van der Waals surface area contributed by atoms with Crippen LogP contribution in [0.3, 0.4) is 0 Å². The van der Waals surface area contributed by atoms with Crippen LogP contribution in [-0.2, 0) is 4.79 Å². The van der Waals surface area contributed by atoms with Crippen molar-refractivity contribution in [1.82, 2.24) is 4.37 Å². The van der Waals surface area contributed by atoms with Gasteiger partial charge in [0.25, 0.3) is 5.91 Å². The van der Waals surface area contributed by atoms with Crippen molar-refractivity contribution in [2.45, 2.75) is 19.9 Å². The van der Waals surface area contributed by atoms with Gasteiger partial charge in [-0.05, 0) is 41.4 Å². The molecule has 8 nitrogen and oxygen atoms in total. The van der Waals surface area contributed by atoms with E-state index in [0.29, 0.717) is 28.7 Å². The third-order valence-corrected chi connectivity index (χ3v) is 6.26. The average Bonchev–Trinajstić information content (AvgIpc) is 3.32. The van der Waals surface area contributed by atoms with Gasteiger partial charge in [-0.1, -0.05) is 19.9 Å².